The van der Waals surface area contributed by atoms with Gasteiger partial charge in [-0.3, -0.25) is 4.79 Å². The zero-order valence-electron chi connectivity index (χ0n) is 16.1. The van der Waals surface area contributed by atoms with E-state index >= 15 is 0 Å². The average molecular weight is 437 g/mol. The monoisotopic (exact) mass is 436 g/mol. The van der Waals surface area contributed by atoms with Gasteiger partial charge in [-0.25, -0.2) is 17.5 Å². The highest BCUT2D eigenvalue weighted by Crippen LogP contribution is 2.21. The Morgan fingerprint density at radius 3 is 2.62 bits per heavy atom. The molecule has 2 N–H and O–H groups in total. The first kappa shape index (κ1) is 21.8. The van der Waals surface area contributed by atoms with Gasteiger partial charge >= 0.3 is 0 Å². The third-order valence-electron chi connectivity index (χ3n) is 4.83. The first-order valence-electron chi connectivity index (χ1n) is 9.67. The number of carbonyl (C=O) groups excluding carboxylic acids is 1. The lowest BCUT2D eigenvalue weighted by Crippen LogP contribution is -2.33. The van der Waals surface area contributed by atoms with Gasteiger partial charge in [-0.05, 0) is 42.7 Å². The second-order valence-corrected chi connectivity index (χ2v) is 9.85. The molecule has 1 saturated carbocycles. The molecule has 29 heavy (non-hydrogen) atoms. The van der Waals surface area contributed by atoms with Crippen LogP contribution in [0.1, 0.15) is 41.6 Å². The smallest absolute Gasteiger partial charge is 0.251 e. The summed E-state index contributed by atoms with van der Waals surface area (Å²) in [6, 6.07) is 12.7. The van der Waals surface area contributed by atoms with E-state index in [-0.39, 0.29) is 22.7 Å². The third kappa shape index (κ3) is 6.29. The molecular weight excluding hydrogens is 411 g/mol. The Hall–Kier alpha value is -1.90. The van der Waals surface area contributed by atoms with Crippen LogP contribution in [-0.4, -0.2) is 32.7 Å². The van der Waals surface area contributed by atoms with Gasteiger partial charge in [0, 0.05) is 29.7 Å². The Kier molecular flexibility index (Phi) is 7.69. The molecule has 3 rings (SSSR count). The van der Waals surface area contributed by atoms with Crippen molar-refractivity contribution in [2.75, 3.05) is 12.3 Å². The number of thioether (sulfide) groups is 1. The molecular formula is C21H25FN2O3S2. The van der Waals surface area contributed by atoms with E-state index in [1.165, 1.54) is 30.0 Å². The van der Waals surface area contributed by atoms with Gasteiger partial charge in [0.2, 0.25) is 10.0 Å². The zero-order valence-corrected chi connectivity index (χ0v) is 17.7. The number of carbonyl (C=O) groups is 1. The topological polar surface area (TPSA) is 75.3 Å². The molecule has 0 bridgehead atoms. The minimum atomic E-state index is -3.63. The summed E-state index contributed by atoms with van der Waals surface area (Å²) in [5.74, 6) is 0.604. The van der Waals surface area contributed by atoms with Gasteiger partial charge in [0.15, 0.2) is 0 Å². The molecule has 2 aromatic rings. The minimum Gasteiger partial charge on any atom is -0.351 e. The second kappa shape index (κ2) is 10.2. The van der Waals surface area contributed by atoms with Crippen molar-refractivity contribution in [3.8, 4) is 0 Å². The number of nitrogens with one attached hydrogen (secondary N) is 2. The molecule has 156 valence electrons. The van der Waals surface area contributed by atoms with Crippen molar-refractivity contribution < 1.29 is 17.6 Å². The summed E-state index contributed by atoms with van der Waals surface area (Å²) < 4.78 is 41.4. The van der Waals surface area contributed by atoms with E-state index in [9.17, 15) is 17.6 Å². The maximum Gasteiger partial charge on any atom is 0.251 e. The zero-order chi connectivity index (χ0) is 20.7. The lowest BCUT2D eigenvalue weighted by atomic mass is 10.2. The van der Waals surface area contributed by atoms with Gasteiger partial charge in [-0.15, -0.1) is 0 Å². The molecule has 0 radical (unpaired) electrons. The Bertz CT molecular complexity index is 944. The molecule has 0 aliphatic heterocycles. The molecule has 0 spiro atoms. The van der Waals surface area contributed by atoms with Crippen molar-refractivity contribution in [3.05, 3.63) is 65.5 Å². The van der Waals surface area contributed by atoms with Gasteiger partial charge in [0.1, 0.15) is 5.82 Å². The highest BCUT2D eigenvalue weighted by atomic mass is 32.2. The maximum atomic E-state index is 13.6. The van der Waals surface area contributed by atoms with E-state index < -0.39 is 10.0 Å². The van der Waals surface area contributed by atoms with Crippen molar-refractivity contribution in [1.29, 1.82) is 0 Å². The van der Waals surface area contributed by atoms with Gasteiger partial charge in [-0.1, -0.05) is 37.1 Å². The van der Waals surface area contributed by atoms with Crippen molar-refractivity contribution >= 4 is 27.7 Å². The largest absolute Gasteiger partial charge is 0.351 e. The fourth-order valence-electron chi connectivity index (χ4n) is 3.27. The van der Waals surface area contributed by atoms with Crippen molar-refractivity contribution in [2.24, 2.45) is 0 Å². The number of benzene rings is 2. The molecule has 1 fully saturated rings. The summed E-state index contributed by atoms with van der Waals surface area (Å²) in [6.07, 6.45) is 3.77. The summed E-state index contributed by atoms with van der Waals surface area (Å²) in [5, 5.41) is 2.78. The Labute approximate surface area is 175 Å². The highest BCUT2D eigenvalue weighted by molar-refractivity contribution is 7.98. The molecule has 0 heterocycles. The molecule has 2 aromatic carbocycles. The first-order valence-corrected chi connectivity index (χ1v) is 12.3. The van der Waals surface area contributed by atoms with Gasteiger partial charge < -0.3 is 5.32 Å². The predicted molar refractivity (Wildman–Crippen MR) is 114 cm³/mol. The summed E-state index contributed by atoms with van der Waals surface area (Å²) >= 11 is 1.52. The van der Waals surface area contributed by atoms with E-state index in [1.54, 1.807) is 30.3 Å². The first-order chi connectivity index (χ1) is 14.0. The molecule has 8 heteroatoms. The van der Waals surface area contributed by atoms with E-state index in [1.807, 2.05) is 0 Å². The van der Waals surface area contributed by atoms with E-state index in [0.29, 0.717) is 29.2 Å². The molecule has 1 aliphatic rings. The van der Waals surface area contributed by atoms with Crippen LogP contribution >= 0.6 is 11.8 Å². The molecule has 0 saturated heterocycles. The molecule has 0 atom stereocenters. The van der Waals surface area contributed by atoms with Crippen LogP contribution in [0.3, 0.4) is 0 Å². The quantitative estimate of drug-likeness (QED) is 0.588. The van der Waals surface area contributed by atoms with Crippen LogP contribution in [0.4, 0.5) is 4.39 Å². The van der Waals surface area contributed by atoms with Crippen molar-refractivity contribution in [2.45, 2.75) is 42.4 Å². The van der Waals surface area contributed by atoms with Crippen LogP contribution in [0.25, 0.3) is 0 Å². The van der Waals surface area contributed by atoms with Crippen LogP contribution in [0.2, 0.25) is 0 Å². The summed E-state index contributed by atoms with van der Waals surface area (Å²) in [4.78, 5) is 12.5. The highest BCUT2D eigenvalue weighted by Gasteiger charge is 2.23. The lowest BCUT2D eigenvalue weighted by molar-refractivity contribution is 0.0956. The summed E-state index contributed by atoms with van der Waals surface area (Å²) in [6.45, 7) is 0.412. The molecule has 1 amide bonds. The Morgan fingerprint density at radius 1 is 1.10 bits per heavy atom. The number of hydrogen-bond acceptors (Lipinski definition) is 4. The lowest BCUT2D eigenvalue weighted by Gasteiger charge is -2.13. The number of sulfonamides is 1. The molecule has 1 aliphatic carbocycles. The van der Waals surface area contributed by atoms with Crippen LogP contribution in [-0.2, 0) is 15.8 Å². The van der Waals surface area contributed by atoms with Crippen LogP contribution in [0.15, 0.2) is 53.4 Å². The normalized spacial score (nSPS) is 14.8. The Balaban J connectivity index is 1.49. The minimum absolute atomic E-state index is 0.0241. The average Bonchev–Trinajstić information content (AvgIpc) is 3.21. The standard InChI is InChI=1S/C21H25FN2O3S2/c22-20-11-4-1-6-17(20)15-28-13-12-23-21(25)16-7-5-10-19(14-16)29(26,27)24-18-8-2-3-9-18/h1,4-7,10-11,14,18,24H,2-3,8-9,12-13,15H2,(H,23,25). The number of amides is 1. The molecule has 0 aromatic heterocycles. The predicted octanol–water partition coefficient (Wildman–Crippen LogP) is 3.71. The van der Waals surface area contributed by atoms with E-state index in [0.717, 1.165) is 25.7 Å². The maximum absolute atomic E-state index is 13.6. The second-order valence-electron chi connectivity index (χ2n) is 7.03. The van der Waals surface area contributed by atoms with Crippen molar-refractivity contribution in [3.63, 3.8) is 0 Å². The summed E-state index contributed by atoms with van der Waals surface area (Å²) in [5.41, 5.74) is 0.940. The molecule has 5 nitrogen and oxygen atoms in total. The van der Waals surface area contributed by atoms with Crippen LogP contribution < -0.4 is 10.0 Å². The SMILES string of the molecule is O=C(NCCSCc1ccccc1F)c1cccc(S(=O)(=O)NC2CCCC2)c1. The van der Waals surface area contributed by atoms with E-state index in [2.05, 4.69) is 10.0 Å². The third-order valence-corrected chi connectivity index (χ3v) is 7.36. The Morgan fingerprint density at radius 2 is 1.86 bits per heavy atom. The van der Waals surface area contributed by atoms with Crippen molar-refractivity contribution in [1.82, 2.24) is 10.0 Å². The summed E-state index contributed by atoms with van der Waals surface area (Å²) in [7, 11) is -3.63. The van der Waals surface area contributed by atoms with Gasteiger partial charge in [0.05, 0.1) is 4.90 Å². The fourth-order valence-corrected chi connectivity index (χ4v) is 5.47. The number of halogens is 1. The van der Waals surface area contributed by atoms with Crippen LogP contribution in [0, 0.1) is 5.82 Å². The van der Waals surface area contributed by atoms with Crippen LogP contribution in [0.5, 0.6) is 0 Å². The van der Waals surface area contributed by atoms with Gasteiger partial charge in [-0.2, -0.15) is 11.8 Å². The van der Waals surface area contributed by atoms with Gasteiger partial charge in [0.25, 0.3) is 5.91 Å². The fraction of sp³-hybridized carbons (Fsp3) is 0.381. The number of hydrogen-bond donors (Lipinski definition) is 2. The van der Waals surface area contributed by atoms with E-state index in [4.69, 9.17) is 0 Å². The molecule has 0 unspecified atom stereocenters. The number of rotatable bonds is 9.